The lowest BCUT2D eigenvalue weighted by atomic mass is 10.1. The van der Waals surface area contributed by atoms with Gasteiger partial charge in [-0.25, -0.2) is 0 Å². The largest absolute Gasteiger partial charge is 0.468 e. The van der Waals surface area contributed by atoms with Gasteiger partial charge < -0.3 is 10.1 Å². The van der Waals surface area contributed by atoms with Crippen LogP contribution in [-0.2, 0) is 9.53 Å². The Kier molecular flexibility index (Phi) is 5.89. The Morgan fingerprint density at radius 1 is 1.69 bits per heavy atom. The quantitative estimate of drug-likeness (QED) is 0.515. The standard InChI is InChI=1S/C10H17NO2/c1-5-6-8(2)7-9(11-3)10(12)13-4/h5-6,9,11H,2,7H2,1,3-4H3. The molecule has 74 valence electrons. The van der Waals surface area contributed by atoms with Gasteiger partial charge in [0.25, 0.3) is 0 Å². The Balaban J connectivity index is 4.12. The molecule has 0 aliphatic heterocycles. The molecule has 0 aromatic carbocycles. The van der Waals surface area contributed by atoms with E-state index in [1.165, 1.54) is 7.11 Å². The van der Waals surface area contributed by atoms with Crippen molar-refractivity contribution in [1.82, 2.24) is 5.32 Å². The number of methoxy groups -OCH3 is 1. The lowest BCUT2D eigenvalue weighted by Crippen LogP contribution is -2.35. The summed E-state index contributed by atoms with van der Waals surface area (Å²) < 4.78 is 4.62. The first kappa shape index (κ1) is 11.9. The highest BCUT2D eigenvalue weighted by Crippen LogP contribution is 2.05. The van der Waals surface area contributed by atoms with Gasteiger partial charge in [0, 0.05) is 0 Å². The predicted molar refractivity (Wildman–Crippen MR) is 53.4 cm³/mol. The zero-order valence-electron chi connectivity index (χ0n) is 8.46. The van der Waals surface area contributed by atoms with Gasteiger partial charge in [0.2, 0.25) is 0 Å². The molecule has 0 radical (unpaired) electrons. The number of esters is 1. The molecule has 0 heterocycles. The van der Waals surface area contributed by atoms with Crippen molar-refractivity contribution in [3.05, 3.63) is 24.3 Å². The molecule has 0 aromatic heterocycles. The molecule has 1 atom stereocenters. The zero-order valence-corrected chi connectivity index (χ0v) is 8.46. The summed E-state index contributed by atoms with van der Waals surface area (Å²) in [6, 6.07) is -0.298. The summed E-state index contributed by atoms with van der Waals surface area (Å²) in [5.41, 5.74) is 0.909. The SMILES string of the molecule is C=C(C=CC)CC(NC)C(=O)OC. The molecule has 1 N–H and O–H groups in total. The van der Waals surface area contributed by atoms with E-state index < -0.39 is 0 Å². The Labute approximate surface area is 79.5 Å². The van der Waals surface area contributed by atoms with Gasteiger partial charge in [0.15, 0.2) is 0 Å². The van der Waals surface area contributed by atoms with Crippen LogP contribution >= 0.6 is 0 Å². The summed E-state index contributed by atoms with van der Waals surface area (Å²) in [6.45, 7) is 5.73. The van der Waals surface area contributed by atoms with Crippen molar-refractivity contribution in [2.45, 2.75) is 19.4 Å². The predicted octanol–water partition coefficient (Wildman–Crippen LogP) is 1.27. The number of carbonyl (C=O) groups excluding carboxylic acids is 1. The van der Waals surface area contributed by atoms with E-state index in [1.807, 2.05) is 19.1 Å². The second-order valence-corrected chi connectivity index (χ2v) is 2.73. The van der Waals surface area contributed by atoms with Gasteiger partial charge in [-0.2, -0.15) is 0 Å². The molecule has 0 bridgehead atoms. The summed E-state index contributed by atoms with van der Waals surface area (Å²) >= 11 is 0. The first-order valence-electron chi connectivity index (χ1n) is 4.21. The third kappa shape index (κ3) is 4.48. The van der Waals surface area contributed by atoms with Crippen LogP contribution in [0.1, 0.15) is 13.3 Å². The zero-order chi connectivity index (χ0) is 10.3. The van der Waals surface area contributed by atoms with Crippen LogP contribution in [0.3, 0.4) is 0 Å². The Bertz CT molecular complexity index is 209. The molecule has 0 spiro atoms. The van der Waals surface area contributed by atoms with E-state index in [-0.39, 0.29) is 12.0 Å². The van der Waals surface area contributed by atoms with Gasteiger partial charge in [-0.15, -0.1) is 0 Å². The summed E-state index contributed by atoms with van der Waals surface area (Å²) in [6.07, 6.45) is 4.35. The maximum absolute atomic E-state index is 11.1. The minimum absolute atomic E-state index is 0.256. The fraction of sp³-hybridized carbons (Fsp3) is 0.500. The molecule has 0 saturated heterocycles. The van der Waals surface area contributed by atoms with Crippen LogP contribution in [0.2, 0.25) is 0 Å². The number of allylic oxidation sites excluding steroid dienone is 2. The number of carbonyl (C=O) groups is 1. The van der Waals surface area contributed by atoms with Crippen molar-refractivity contribution in [1.29, 1.82) is 0 Å². The van der Waals surface area contributed by atoms with E-state index >= 15 is 0 Å². The normalized spacial score (nSPS) is 12.8. The third-order valence-electron chi connectivity index (χ3n) is 1.70. The number of rotatable bonds is 5. The molecule has 3 nitrogen and oxygen atoms in total. The number of hydrogen-bond acceptors (Lipinski definition) is 3. The summed E-state index contributed by atoms with van der Waals surface area (Å²) in [7, 11) is 3.11. The maximum atomic E-state index is 11.1. The van der Waals surface area contributed by atoms with Crippen molar-refractivity contribution in [2.75, 3.05) is 14.2 Å². The van der Waals surface area contributed by atoms with Gasteiger partial charge in [0.05, 0.1) is 7.11 Å². The van der Waals surface area contributed by atoms with E-state index in [0.29, 0.717) is 6.42 Å². The fourth-order valence-corrected chi connectivity index (χ4v) is 1.01. The van der Waals surface area contributed by atoms with Crippen molar-refractivity contribution in [2.24, 2.45) is 0 Å². The van der Waals surface area contributed by atoms with E-state index in [2.05, 4.69) is 16.6 Å². The lowest BCUT2D eigenvalue weighted by Gasteiger charge is -2.13. The Morgan fingerprint density at radius 3 is 2.69 bits per heavy atom. The molecule has 0 rings (SSSR count). The number of nitrogens with one attached hydrogen (secondary N) is 1. The van der Waals surface area contributed by atoms with Crippen LogP contribution in [0.25, 0.3) is 0 Å². The second kappa shape index (κ2) is 6.43. The number of hydrogen-bond donors (Lipinski definition) is 1. The van der Waals surface area contributed by atoms with Crippen molar-refractivity contribution in [3.63, 3.8) is 0 Å². The van der Waals surface area contributed by atoms with E-state index in [9.17, 15) is 4.79 Å². The van der Waals surface area contributed by atoms with E-state index in [0.717, 1.165) is 5.57 Å². The van der Waals surface area contributed by atoms with E-state index in [1.54, 1.807) is 7.05 Å². The van der Waals surface area contributed by atoms with Gasteiger partial charge in [-0.05, 0) is 20.4 Å². The first-order valence-corrected chi connectivity index (χ1v) is 4.21. The highest BCUT2D eigenvalue weighted by molar-refractivity contribution is 5.76. The van der Waals surface area contributed by atoms with Crippen LogP contribution in [0, 0.1) is 0 Å². The van der Waals surface area contributed by atoms with Crippen LogP contribution in [0.15, 0.2) is 24.3 Å². The monoisotopic (exact) mass is 183 g/mol. The third-order valence-corrected chi connectivity index (χ3v) is 1.70. The van der Waals surface area contributed by atoms with Crippen LogP contribution in [0.4, 0.5) is 0 Å². The van der Waals surface area contributed by atoms with Crippen molar-refractivity contribution < 1.29 is 9.53 Å². The van der Waals surface area contributed by atoms with Crippen molar-refractivity contribution in [3.8, 4) is 0 Å². The molecule has 0 aromatic rings. The van der Waals surface area contributed by atoms with Crippen molar-refractivity contribution >= 4 is 5.97 Å². The van der Waals surface area contributed by atoms with Gasteiger partial charge in [-0.1, -0.05) is 24.3 Å². The molecule has 13 heavy (non-hydrogen) atoms. The molecule has 3 heteroatoms. The minimum Gasteiger partial charge on any atom is -0.468 e. The highest BCUT2D eigenvalue weighted by atomic mass is 16.5. The average Bonchev–Trinajstić information content (AvgIpc) is 2.13. The van der Waals surface area contributed by atoms with Crippen LogP contribution in [0.5, 0.6) is 0 Å². The molecule has 0 saturated carbocycles. The van der Waals surface area contributed by atoms with E-state index in [4.69, 9.17) is 0 Å². The molecular weight excluding hydrogens is 166 g/mol. The van der Waals surface area contributed by atoms with Crippen LogP contribution < -0.4 is 5.32 Å². The number of likely N-dealkylation sites (N-methyl/N-ethyl adjacent to an activating group) is 1. The maximum Gasteiger partial charge on any atom is 0.323 e. The number of ether oxygens (including phenoxy) is 1. The molecule has 0 amide bonds. The molecular formula is C10H17NO2. The van der Waals surface area contributed by atoms with Crippen LogP contribution in [-0.4, -0.2) is 26.2 Å². The first-order chi connectivity index (χ1) is 6.15. The Morgan fingerprint density at radius 2 is 2.31 bits per heavy atom. The molecule has 0 aliphatic carbocycles. The summed E-state index contributed by atoms with van der Waals surface area (Å²) in [5.74, 6) is -0.256. The molecule has 1 unspecified atom stereocenters. The minimum atomic E-state index is -0.298. The van der Waals surface area contributed by atoms with Gasteiger partial charge in [0.1, 0.15) is 6.04 Å². The fourth-order valence-electron chi connectivity index (χ4n) is 1.01. The topological polar surface area (TPSA) is 38.3 Å². The second-order valence-electron chi connectivity index (χ2n) is 2.73. The van der Waals surface area contributed by atoms with Gasteiger partial charge in [-0.3, -0.25) is 4.79 Å². The summed E-state index contributed by atoms with van der Waals surface area (Å²) in [5, 5.41) is 2.87. The Hall–Kier alpha value is -1.09. The smallest absolute Gasteiger partial charge is 0.323 e. The molecule has 0 aliphatic rings. The summed E-state index contributed by atoms with van der Waals surface area (Å²) in [4.78, 5) is 11.1. The lowest BCUT2D eigenvalue weighted by molar-refractivity contribution is -0.142. The van der Waals surface area contributed by atoms with Gasteiger partial charge >= 0.3 is 5.97 Å². The average molecular weight is 183 g/mol. The highest BCUT2D eigenvalue weighted by Gasteiger charge is 2.16. The molecule has 0 fully saturated rings.